The van der Waals surface area contributed by atoms with Crippen molar-refractivity contribution in [3.63, 3.8) is 0 Å². The molecule has 2 aromatic heterocycles. The van der Waals surface area contributed by atoms with Crippen LogP contribution in [0.25, 0.3) is 0 Å². The highest BCUT2D eigenvalue weighted by molar-refractivity contribution is 7.88. The number of nitrogens with zero attached hydrogens (tertiary/aromatic N) is 2. The topological polar surface area (TPSA) is 76.0 Å². The Hall–Kier alpha value is -1.22. The Balaban J connectivity index is 1.94. The molecule has 0 aliphatic rings. The van der Waals surface area contributed by atoms with E-state index in [1.807, 2.05) is 29.3 Å². The fourth-order valence-corrected chi connectivity index (χ4v) is 3.33. The van der Waals surface area contributed by atoms with Crippen LogP contribution in [0, 0.1) is 0 Å². The molecule has 2 heterocycles. The van der Waals surface area contributed by atoms with Gasteiger partial charge in [0.05, 0.1) is 6.26 Å². The second-order valence-corrected chi connectivity index (χ2v) is 7.63. The molecule has 0 bridgehead atoms. The van der Waals surface area contributed by atoms with Crippen LogP contribution in [-0.2, 0) is 17.1 Å². The van der Waals surface area contributed by atoms with Gasteiger partial charge in [-0.2, -0.15) is 0 Å². The molecule has 0 fully saturated rings. The van der Waals surface area contributed by atoms with E-state index in [2.05, 4.69) is 21.1 Å². The molecule has 1 atom stereocenters. The second kappa shape index (κ2) is 7.17. The molecule has 2 aromatic rings. The van der Waals surface area contributed by atoms with Crippen molar-refractivity contribution in [2.75, 3.05) is 19.3 Å². The third-order valence-electron chi connectivity index (χ3n) is 3.01. The van der Waals surface area contributed by atoms with E-state index in [0.717, 1.165) is 12.2 Å². The van der Waals surface area contributed by atoms with E-state index in [9.17, 15) is 8.42 Å². The van der Waals surface area contributed by atoms with Crippen molar-refractivity contribution >= 4 is 21.4 Å². The minimum absolute atomic E-state index is 0.0308. The monoisotopic (exact) mass is 328 g/mol. The highest BCUT2D eigenvalue weighted by Crippen LogP contribution is 2.24. The van der Waals surface area contributed by atoms with Crippen LogP contribution in [0.1, 0.15) is 23.2 Å². The summed E-state index contributed by atoms with van der Waals surface area (Å²) in [4.78, 5) is 5.60. The average molecular weight is 328 g/mol. The number of aromatic nitrogens is 2. The molecule has 6 nitrogen and oxygen atoms in total. The van der Waals surface area contributed by atoms with Gasteiger partial charge < -0.3 is 9.88 Å². The predicted octanol–water partition coefficient (Wildman–Crippen LogP) is 1.10. The van der Waals surface area contributed by atoms with Crippen molar-refractivity contribution in [1.82, 2.24) is 19.6 Å². The Labute approximate surface area is 129 Å². The van der Waals surface area contributed by atoms with Gasteiger partial charge >= 0.3 is 0 Å². The molecule has 0 saturated carbocycles. The van der Waals surface area contributed by atoms with Crippen molar-refractivity contribution < 1.29 is 8.42 Å². The van der Waals surface area contributed by atoms with Gasteiger partial charge in [0, 0.05) is 30.9 Å². The van der Waals surface area contributed by atoms with Crippen molar-refractivity contribution in [3.8, 4) is 0 Å². The smallest absolute Gasteiger partial charge is 0.208 e. The number of thiophene rings is 1. The zero-order valence-electron chi connectivity index (χ0n) is 12.1. The largest absolute Gasteiger partial charge is 0.336 e. The third kappa shape index (κ3) is 4.92. The summed E-state index contributed by atoms with van der Waals surface area (Å²) in [5, 5.41) is 5.48. The Bertz CT molecular complexity index is 650. The van der Waals surface area contributed by atoms with E-state index in [0.29, 0.717) is 13.1 Å². The van der Waals surface area contributed by atoms with Gasteiger partial charge in [0.1, 0.15) is 11.9 Å². The maximum absolute atomic E-state index is 11.0. The van der Waals surface area contributed by atoms with E-state index in [-0.39, 0.29) is 6.04 Å². The number of imidazole rings is 1. The maximum atomic E-state index is 11.0. The van der Waals surface area contributed by atoms with E-state index in [1.54, 1.807) is 17.5 Å². The molecule has 1 unspecified atom stereocenters. The molecule has 0 aliphatic carbocycles. The molecule has 2 rings (SSSR count). The Morgan fingerprint density at radius 3 is 2.81 bits per heavy atom. The van der Waals surface area contributed by atoms with Gasteiger partial charge in [-0.1, -0.05) is 6.07 Å². The number of sulfonamides is 1. The van der Waals surface area contributed by atoms with Crippen molar-refractivity contribution in [2.45, 2.75) is 12.5 Å². The highest BCUT2D eigenvalue weighted by Gasteiger charge is 2.18. The van der Waals surface area contributed by atoms with Gasteiger partial charge in [-0.05, 0) is 24.4 Å². The first kappa shape index (κ1) is 16.2. The van der Waals surface area contributed by atoms with Crippen molar-refractivity contribution in [1.29, 1.82) is 0 Å². The summed E-state index contributed by atoms with van der Waals surface area (Å²) in [6, 6.07) is 4.12. The molecule has 0 aliphatic heterocycles. The SMILES string of the molecule is Cn1ccnc1C(NCCCNS(C)(=O)=O)c1cccs1. The van der Waals surface area contributed by atoms with Gasteiger partial charge in [-0.25, -0.2) is 18.1 Å². The first-order chi connectivity index (χ1) is 9.97. The van der Waals surface area contributed by atoms with Gasteiger partial charge in [0.15, 0.2) is 0 Å². The van der Waals surface area contributed by atoms with Crippen LogP contribution in [0.4, 0.5) is 0 Å². The number of hydrogen-bond acceptors (Lipinski definition) is 5. The summed E-state index contributed by atoms with van der Waals surface area (Å²) >= 11 is 1.68. The lowest BCUT2D eigenvalue weighted by atomic mass is 10.2. The highest BCUT2D eigenvalue weighted by atomic mass is 32.2. The zero-order valence-corrected chi connectivity index (χ0v) is 13.7. The molecule has 0 spiro atoms. The molecule has 8 heteroatoms. The molecular weight excluding hydrogens is 308 g/mol. The predicted molar refractivity (Wildman–Crippen MR) is 84.8 cm³/mol. The number of aryl methyl sites for hydroxylation is 1. The molecule has 116 valence electrons. The fourth-order valence-electron chi connectivity index (χ4n) is 2.02. The summed E-state index contributed by atoms with van der Waals surface area (Å²) in [6.45, 7) is 1.14. The lowest BCUT2D eigenvalue weighted by Gasteiger charge is -2.17. The van der Waals surface area contributed by atoms with Gasteiger partial charge in [-0.15, -0.1) is 11.3 Å². The lowest BCUT2D eigenvalue weighted by molar-refractivity contribution is 0.544. The van der Waals surface area contributed by atoms with E-state index < -0.39 is 10.0 Å². The third-order valence-corrected chi connectivity index (χ3v) is 4.68. The van der Waals surface area contributed by atoms with Gasteiger partial charge in [-0.3, -0.25) is 0 Å². The summed E-state index contributed by atoms with van der Waals surface area (Å²) in [5.74, 6) is 0.952. The zero-order chi connectivity index (χ0) is 15.3. The van der Waals surface area contributed by atoms with Crippen LogP contribution in [0.3, 0.4) is 0 Å². The van der Waals surface area contributed by atoms with Crippen molar-refractivity contribution in [2.24, 2.45) is 7.05 Å². The van der Waals surface area contributed by atoms with Crippen LogP contribution >= 0.6 is 11.3 Å². The summed E-state index contributed by atoms with van der Waals surface area (Å²) in [6.07, 6.45) is 5.59. The molecular formula is C13H20N4O2S2. The van der Waals surface area contributed by atoms with Gasteiger partial charge in [0.25, 0.3) is 0 Å². The van der Waals surface area contributed by atoms with Crippen LogP contribution in [-0.4, -0.2) is 37.3 Å². The normalized spacial score (nSPS) is 13.4. The standard InChI is InChI=1S/C13H20N4O2S2/c1-17-9-8-15-13(17)12(11-5-3-10-20-11)14-6-4-7-16-21(2,18)19/h3,5,8-10,12,14,16H,4,6-7H2,1-2H3. The van der Waals surface area contributed by atoms with Crippen LogP contribution < -0.4 is 10.0 Å². The molecule has 2 N–H and O–H groups in total. The minimum atomic E-state index is -3.11. The Morgan fingerprint density at radius 1 is 1.43 bits per heavy atom. The summed E-state index contributed by atoms with van der Waals surface area (Å²) in [7, 11) is -1.14. The molecule has 21 heavy (non-hydrogen) atoms. The van der Waals surface area contributed by atoms with Crippen molar-refractivity contribution in [3.05, 3.63) is 40.6 Å². The van der Waals surface area contributed by atoms with E-state index >= 15 is 0 Å². The lowest BCUT2D eigenvalue weighted by Crippen LogP contribution is -2.29. The average Bonchev–Trinajstić information content (AvgIpc) is 3.04. The van der Waals surface area contributed by atoms with E-state index in [1.165, 1.54) is 11.1 Å². The maximum Gasteiger partial charge on any atom is 0.208 e. The quantitative estimate of drug-likeness (QED) is 0.712. The number of rotatable bonds is 8. The Kier molecular flexibility index (Phi) is 5.51. The van der Waals surface area contributed by atoms with Crippen LogP contribution in [0.5, 0.6) is 0 Å². The van der Waals surface area contributed by atoms with Crippen LogP contribution in [0.2, 0.25) is 0 Å². The van der Waals surface area contributed by atoms with E-state index in [4.69, 9.17) is 0 Å². The van der Waals surface area contributed by atoms with Gasteiger partial charge in [0.2, 0.25) is 10.0 Å². The summed E-state index contributed by atoms with van der Waals surface area (Å²) < 4.78 is 26.5. The fraction of sp³-hybridized carbons (Fsp3) is 0.462. The number of nitrogens with one attached hydrogen (secondary N) is 2. The summed E-state index contributed by atoms with van der Waals surface area (Å²) in [5.41, 5.74) is 0. The number of hydrogen-bond donors (Lipinski definition) is 2. The Morgan fingerprint density at radius 2 is 2.24 bits per heavy atom. The molecule has 0 aromatic carbocycles. The van der Waals surface area contributed by atoms with Crippen LogP contribution in [0.15, 0.2) is 29.9 Å². The molecule has 0 amide bonds. The first-order valence-electron chi connectivity index (χ1n) is 6.66. The molecule has 0 radical (unpaired) electrons. The first-order valence-corrected chi connectivity index (χ1v) is 9.43. The molecule has 0 saturated heterocycles. The minimum Gasteiger partial charge on any atom is -0.336 e. The second-order valence-electron chi connectivity index (χ2n) is 4.82.